The number of hydrogen-bond acceptors (Lipinski definition) is 2. The number of guanidine groups is 1. The molecule has 0 spiro atoms. The summed E-state index contributed by atoms with van der Waals surface area (Å²) >= 11 is 0. The van der Waals surface area contributed by atoms with Crippen molar-refractivity contribution < 1.29 is 0 Å². The molecule has 24 heavy (non-hydrogen) atoms. The third kappa shape index (κ3) is 3.84. The lowest BCUT2D eigenvalue weighted by Crippen LogP contribution is -2.62. The van der Waals surface area contributed by atoms with E-state index in [0.717, 1.165) is 12.4 Å². The molecule has 2 aromatic carbocycles. The fourth-order valence-corrected chi connectivity index (χ4v) is 2.84. The van der Waals surface area contributed by atoms with Gasteiger partial charge in [0.1, 0.15) is 5.66 Å². The highest BCUT2D eigenvalue weighted by molar-refractivity contribution is 5.83. The number of nitrogens with two attached hydrogens (primary N) is 1. The van der Waals surface area contributed by atoms with Gasteiger partial charge in [-0.1, -0.05) is 67.6 Å². The monoisotopic (exact) mass is 320 g/mol. The molecule has 4 nitrogen and oxygen atoms in total. The first-order valence-corrected chi connectivity index (χ1v) is 8.32. The summed E-state index contributed by atoms with van der Waals surface area (Å²) < 4.78 is 0. The molecule has 2 atom stereocenters. The molecule has 1 heterocycles. The van der Waals surface area contributed by atoms with Crippen molar-refractivity contribution in [2.45, 2.75) is 24.9 Å². The molecule has 0 radical (unpaired) electrons. The first-order chi connectivity index (χ1) is 11.7. The van der Waals surface area contributed by atoms with Crippen LogP contribution in [0, 0.1) is 0 Å². The second-order valence-electron chi connectivity index (χ2n) is 6.13. The standard InChI is InChI=1S/C20H24N4/c1-16(18-10-6-3-7-11-18)20(21)13-15-23-19(24-20)22-14-12-17-8-4-2-5-9-17/h2-11,13,15-16H,12,14,21H2,1H3,(H2,22,23,24)/t16-,20?/m0/s1. The van der Waals surface area contributed by atoms with Gasteiger partial charge in [-0.25, -0.2) is 0 Å². The van der Waals surface area contributed by atoms with E-state index in [0.29, 0.717) is 6.54 Å². The number of hydrogen-bond donors (Lipinski definition) is 3. The third-order valence-corrected chi connectivity index (χ3v) is 4.44. The number of rotatable bonds is 5. The lowest BCUT2D eigenvalue weighted by Gasteiger charge is -2.37. The van der Waals surface area contributed by atoms with Gasteiger partial charge in [-0.3, -0.25) is 4.99 Å². The van der Waals surface area contributed by atoms with Gasteiger partial charge in [0.05, 0.1) is 0 Å². The largest absolute Gasteiger partial charge is 0.334 e. The summed E-state index contributed by atoms with van der Waals surface area (Å²) in [6.07, 6.45) is 4.74. The van der Waals surface area contributed by atoms with Gasteiger partial charge in [0, 0.05) is 18.7 Å². The van der Waals surface area contributed by atoms with E-state index in [2.05, 4.69) is 58.9 Å². The second kappa shape index (κ2) is 7.32. The molecule has 1 unspecified atom stereocenters. The number of aliphatic imine (C=N–C) groups is 1. The molecule has 0 saturated carbocycles. The van der Waals surface area contributed by atoms with Crippen molar-refractivity contribution in [2.24, 2.45) is 10.7 Å². The number of nitrogens with one attached hydrogen (secondary N) is 2. The molecule has 0 saturated heterocycles. The zero-order chi connectivity index (χ0) is 16.8. The molecule has 124 valence electrons. The molecular weight excluding hydrogens is 296 g/mol. The van der Waals surface area contributed by atoms with E-state index in [1.807, 2.05) is 36.5 Å². The van der Waals surface area contributed by atoms with Crippen LogP contribution < -0.4 is 16.4 Å². The van der Waals surface area contributed by atoms with Gasteiger partial charge < -0.3 is 16.4 Å². The van der Waals surface area contributed by atoms with Gasteiger partial charge in [-0.15, -0.1) is 0 Å². The van der Waals surface area contributed by atoms with Crippen molar-refractivity contribution in [1.29, 1.82) is 0 Å². The summed E-state index contributed by atoms with van der Waals surface area (Å²) in [5.74, 6) is 0.843. The molecule has 0 bridgehead atoms. The van der Waals surface area contributed by atoms with E-state index in [9.17, 15) is 0 Å². The van der Waals surface area contributed by atoms with Gasteiger partial charge >= 0.3 is 0 Å². The molecule has 0 amide bonds. The fraction of sp³-hybridized carbons (Fsp3) is 0.250. The summed E-state index contributed by atoms with van der Waals surface area (Å²) in [4.78, 5) is 4.61. The van der Waals surface area contributed by atoms with E-state index in [4.69, 9.17) is 5.73 Å². The predicted octanol–water partition coefficient (Wildman–Crippen LogP) is 2.75. The number of benzene rings is 2. The van der Waals surface area contributed by atoms with E-state index >= 15 is 0 Å². The Labute approximate surface area is 143 Å². The zero-order valence-electron chi connectivity index (χ0n) is 13.9. The maximum Gasteiger partial charge on any atom is 0.197 e. The van der Waals surface area contributed by atoms with Crippen molar-refractivity contribution in [1.82, 2.24) is 10.6 Å². The first-order valence-electron chi connectivity index (χ1n) is 8.32. The first kappa shape index (κ1) is 16.3. The summed E-state index contributed by atoms with van der Waals surface area (Å²) in [5, 5.41) is 6.49. The van der Waals surface area contributed by atoms with Crippen molar-refractivity contribution in [3.05, 3.63) is 84.1 Å². The molecule has 0 fully saturated rings. The van der Waals surface area contributed by atoms with E-state index in [1.165, 1.54) is 11.1 Å². The summed E-state index contributed by atoms with van der Waals surface area (Å²) in [5.41, 5.74) is 8.41. The minimum Gasteiger partial charge on any atom is -0.334 e. The minimum absolute atomic E-state index is 0.122. The summed E-state index contributed by atoms with van der Waals surface area (Å²) in [6.45, 7) is 2.84. The van der Waals surface area contributed by atoms with Gasteiger partial charge in [0.15, 0.2) is 5.96 Å². The van der Waals surface area contributed by atoms with Crippen LogP contribution in [-0.4, -0.2) is 18.2 Å². The van der Waals surface area contributed by atoms with Gasteiger partial charge in [-0.2, -0.15) is 0 Å². The van der Waals surface area contributed by atoms with E-state index in [-0.39, 0.29) is 5.92 Å². The smallest absolute Gasteiger partial charge is 0.197 e. The van der Waals surface area contributed by atoms with Crippen LogP contribution in [0.2, 0.25) is 0 Å². The van der Waals surface area contributed by atoms with Gasteiger partial charge in [0.25, 0.3) is 0 Å². The Bertz CT molecular complexity index is 709. The highest BCUT2D eigenvalue weighted by Crippen LogP contribution is 2.26. The van der Waals surface area contributed by atoms with E-state index in [1.54, 1.807) is 0 Å². The Hall–Kier alpha value is -2.59. The molecular formula is C20H24N4. The van der Waals surface area contributed by atoms with Crippen molar-refractivity contribution in [3.63, 3.8) is 0 Å². The van der Waals surface area contributed by atoms with Crippen LogP contribution in [0.25, 0.3) is 0 Å². The second-order valence-corrected chi connectivity index (χ2v) is 6.13. The SMILES string of the molecule is C[C@@H](c1ccccc1)C1(N)C=CNC(=NCCc2ccccc2)N1. The average molecular weight is 320 g/mol. The zero-order valence-corrected chi connectivity index (χ0v) is 13.9. The fourth-order valence-electron chi connectivity index (χ4n) is 2.84. The molecule has 2 aromatic rings. The van der Waals surface area contributed by atoms with Crippen LogP contribution in [0.5, 0.6) is 0 Å². The lowest BCUT2D eigenvalue weighted by molar-refractivity contribution is 0.403. The third-order valence-electron chi connectivity index (χ3n) is 4.44. The quantitative estimate of drug-likeness (QED) is 0.794. The maximum absolute atomic E-state index is 6.59. The minimum atomic E-state index is -0.655. The van der Waals surface area contributed by atoms with Crippen LogP contribution in [0.1, 0.15) is 24.0 Å². The normalized spacial score (nSPS) is 22.7. The van der Waals surface area contributed by atoms with Gasteiger partial charge in [-0.05, 0) is 23.6 Å². The molecule has 0 aromatic heterocycles. The highest BCUT2D eigenvalue weighted by atomic mass is 15.3. The molecule has 1 aliphatic rings. The topological polar surface area (TPSA) is 62.4 Å². The predicted molar refractivity (Wildman–Crippen MR) is 99.6 cm³/mol. The molecule has 3 rings (SSSR count). The van der Waals surface area contributed by atoms with Crippen LogP contribution >= 0.6 is 0 Å². The Morgan fingerprint density at radius 2 is 1.71 bits per heavy atom. The maximum atomic E-state index is 6.59. The summed E-state index contributed by atoms with van der Waals surface area (Å²) in [6, 6.07) is 20.7. The van der Waals surface area contributed by atoms with Crippen LogP contribution in [0.3, 0.4) is 0 Å². The van der Waals surface area contributed by atoms with Crippen molar-refractivity contribution in [3.8, 4) is 0 Å². The number of nitrogens with zero attached hydrogens (tertiary/aromatic N) is 1. The summed E-state index contributed by atoms with van der Waals surface area (Å²) in [7, 11) is 0. The van der Waals surface area contributed by atoms with Crippen LogP contribution in [-0.2, 0) is 6.42 Å². The molecule has 4 N–H and O–H groups in total. The average Bonchev–Trinajstić information content (AvgIpc) is 2.63. The highest BCUT2D eigenvalue weighted by Gasteiger charge is 2.33. The molecule has 1 aliphatic heterocycles. The Morgan fingerprint density at radius 1 is 1.04 bits per heavy atom. The Morgan fingerprint density at radius 3 is 2.42 bits per heavy atom. The lowest BCUT2D eigenvalue weighted by atomic mass is 9.87. The van der Waals surface area contributed by atoms with Gasteiger partial charge in [0.2, 0.25) is 0 Å². The Balaban J connectivity index is 1.66. The Kier molecular flexibility index (Phi) is 4.96. The van der Waals surface area contributed by atoms with Crippen molar-refractivity contribution in [2.75, 3.05) is 6.54 Å². The molecule has 4 heteroatoms. The van der Waals surface area contributed by atoms with E-state index < -0.39 is 5.66 Å². The van der Waals surface area contributed by atoms with Crippen LogP contribution in [0.15, 0.2) is 77.9 Å². The molecule has 0 aliphatic carbocycles. The van der Waals surface area contributed by atoms with Crippen molar-refractivity contribution >= 4 is 5.96 Å². The van der Waals surface area contributed by atoms with Crippen LogP contribution in [0.4, 0.5) is 0 Å².